The first kappa shape index (κ1) is 21.5. The van der Waals surface area contributed by atoms with Gasteiger partial charge in [0.25, 0.3) is 0 Å². The molecule has 8 heteroatoms. The van der Waals surface area contributed by atoms with Gasteiger partial charge in [-0.15, -0.1) is 0 Å². The third kappa shape index (κ3) is 4.96. The van der Waals surface area contributed by atoms with Crippen LogP contribution in [0.2, 0.25) is 0 Å². The zero-order valence-corrected chi connectivity index (χ0v) is 18.5. The van der Waals surface area contributed by atoms with E-state index in [4.69, 9.17) is 0 Å². The van der Waals surface area contributed by atoms with E-state index in [0.29, 0.717) is 43.4 Å². The van der Waals surface area contributed by atoms with E-state index >= 15 is 0 Å². The number of hydrogen-bond donors (Lipinski definition) is 2. The van der Waals surface area contributed by atoms with Crippen molar-refractivity contribution < 1.29 is 9.18 Å². The van der Waals surface area contributed by atoms with Gasteiger partial charge in [-0.05, 0) is 45.0 Å². The van der Waals surface area contributed by atoms with Crippen molar-refractivity contribution >= 4 is 29.2 Å². The molecule has 7 nitrogen and oxygen atoms in total. The first-order chi connectivity index (χ1) is 15.4. The molecule has 32 heavy (non-hydrogen) atoms. The zero-order chi connectivity index (χ0) is 22.7. The minimum Gasteiger partial charge on any atom is -0.353 e. The molecule has 1 aromatic heterocycles. The second-order valence-corrected chi connectivity index (χ2v) is 8.00. The molecule has 1 aliphatic heterocycles. The molecular weight excluding hydrogens is 407 g/mol. The van der Waals surface area contributed by atoms with Crippen LogP contribution in [0.3, 0.4) is 0 Å². The minimum absolute atomic E-state index is 0.223. The fraction of sp³-hybridized carbons (Fsp3) is 0.292. The third-order valence-electron chi connectivity index (χ3n) is 5.55. The van der Waals surface area contributed by atoms with Crippen molar-refractivity contribution in [3.8, 4) is 0 Å². The number of rotatable bonds is 4. The number of carbonyl (C=O) groups excluding carboxylic acids is 1. The predicted molar refractivity (Wildman–Crippen MR) is 125 cm³/mol. The number of halogens is 1. The summed E-state index contributed by atoms with van der Waals surface area (Å²) in [6, 6.07) is 14.5. The molecule has 2 heterocycles. The summed E-state index contributed by atoms with van der Waals surface area (Å²) >= 11 is 0. The average molecular weight is 435 g/mol. The summed E-state index contributed by atoms with van der Waals surface area (Å²) in [4.78, 5) is 25.7. The van der Waals surface area contributed by atoms with Crippen molar-refractivity contribution in [2.24, 2.45) is 0 Å². The van der Waals surface area contributed by atoms with Crippen molar-refractivity contribution in [1.82, 2.24) is 14.9 Å². The zero-order valence-electron chi connectivity index (χ0n) is 18.5. The Morgan fingerprint density at radius 2 is 1.69 bits per heavy atom. The molecule has 2 amide bonds. The van der Waals surface area contributed by atoms with Gasteiger partial charge in [-0.3, -0.25) is 0 Å². The Balaban J connectivity index is 1.39. The maximum atomic E-state index is 13.7. The number of nitrogens with zero attached hydrogens (tertiary/aromatic N) is 4. The quantitative estimate of drug-likeness (QED) is 0.626. The molecular formula is C24H27FN6O. The second-order valence-electron chi connectivity index (χ2n) is 8.00. The summed E-state index contributed by atoms with van der Waals surface area (Å²) < 4.78 is 13.7. The van der Waals surface area contributed by atoms with Crippen LogP contribution in [-0.4, -0.2) is 47.1 Å². The van der Waals surface area contributed by atoms with Crippen LogP contribution in [0, 0.1) is 26.6 Å². The van der Waals surface area contributed by atoms with E-state index in [1.165, 1.54) is 11.6 Å². The van der Waals surface area contributed by atoms with Gasteiger partial charge in [0.05, 0.1) is 0 Å². The van der Waals surface area contributed by atoms with E-state index < -0.39 is 0 Å². The Bertz CT molecular complexity index is 1110. The molecule has 3 aromatic rings. The molecule has 1 fully saturated rings. The highest BCUT2D eigenvalue weighted by Crippen LogP contribution is 2.21. The van der Waals surface area contributed by atoms with Crippen LogP contribution in [0.1, 0.15) is 16.8 Å². The largest absolute Gasteiger partial charge is 0.353 e. The highest BCUT2D eigenvalue weighted by molar-refractivity contribution is 5.90. The standard InChI is InChI=1S/C24H27FN6O/c1-16-7-9-19(10-8-16)27-23-26-17(2)15-22(29-23)30-11-13-31(14-12-30)24(32)28-21-6-4-5-20(25)18(21)3/h4-10,15H,11-14H2,1-3H3,(H,28,32)(H,26,27,29). The number of benzene rings is 2. The fourth-order valence-corrected chi connectivity index (χ4v) is 3.61. The average Bonchev–Trinajstić information content (AvgIpc) is 2.78. The van der Waals surface area contributed by atoms with E-state index in [1.54, 1.807) is 24.0 Å². The van der Waals surface area contributed by atoms with Gasteiger partial charge in [-0.2, -0.15) is 4.98 Å². The molecule has 2 N–H and O–H groups in total. The lowest BCUT2D eigenvalue weighted by Gasteiger charge is -2.35. The van der Waals surface area contributed by atoms with E-state index in [2.05, 4.69) is 25.5 Å². The molecule has 4 rings (SSSR count). The summed E-state index contributed by atoms with van der Waals surface area (Å²) in [5, 5.41) is 6.08. The maximum absolute atomic E-state index is 13.7. The van der Waals surface area contributed by atoms with Crippen LogP contribution in [0.25, 0.3) is 0 Å². The van der Waals surface area contributed by atoms with Crippen molar-refractivity contribution in [2.75, 3.05) is 41.7 Å². The second kappa shape index (κ2) is 9.21. The summed E-state index contributed by atoms with van der Waals surface area (Å²) in [6.45, 7) is 8.03. The van der Waals surface area contributed by atoms with Gasteiger partial charge in [0.2, 0.25) is 5.95 Å². The highest BCUT2D eigenvalue weighted by atomic mass is 19.1. The molecule has 0 radical (unpaired) electrons. The van der Waals surface area contributed by atoms with Crippen LogP contribution in [0.5, 0.6) is 0 Å². The van der Waals surface area contributed by atoms with Gasteiger partial charge in [-0.1, -0.05) is 23.8 Å². The molecule has 2 aromatic carbocycles. The SMILES string of the molecule is Cc1ccc(Nc2nc(C)cc(N3CCN(C(=O)Nc4cccc(F)c4C)CC3)n2)cc1. The molecule has 0 saturated carbocycles. The summed E-state index contributed by atoms with van der Waals surface area (Å²) in [5.41, 5.74) is 3.92. The molecule has 0 unspecified atom stereocenters. The normalized spacial score (nSPS) is 13.8. The molecule has 1 aliphatic rings. The van der Waals surface area contributed by atoms with Gasteiger partial charge in [0, 0.05) is 54.9 Å². The van der Waals surface area contributed by atoms with E-state index in [0.717, 1.165) is 17.2 Å². The molecule has 0 bridgehead atoms. The molecule has 1 saturated heterocycles. The smallest absolute Gasteiger partial charge is 0.321 e. The van der Waals surface area contributed by atoms with Crippen molar-refractivity contribution in [3.05, 3.63) is 71.2 Å². The van der Waals surface area contributed by atoms with E-state index in [-0.39, 0.29) is 11.8 Å². The molecule has 0 atom stereocenters. The Morgan fingerprint density at radius 3 is 2.41 bits per heavy atom. The summed E-state index contributed by atoms with van der Waals surface area (Å²) in [6.07, 6.45) is 0. The van der Waals surface area contributed by atoms with E-state index in [9.17, 15) is 9.18 Å². The van der Waals surface area contributed by atoms with Crippen LogP contribution in [-0.2, 0) is 0 Å². The first-order valence-corrected chi connectivity index (χ1v) is 10.6. The lowest BCUT2D eigenvalue weighted by molar-refractivity contribution is 0.208. The van der Waals surface area contributed by atoms with Crippen molar-refractivity contribution in [3.63, 3.8) is 0 Å². The summed E-state index contributed by atoms with van der Waals surface area (Å²) in [7, 11) is 0. The van der Waals surface area contributed by atoms with Gasteiger partial charge >= 0.3 is 6.03 Å². The molecule has 0 aliphatic carbocycles. The Hall–Kier alpha value is -3.68. The number of aromatic nitrogens is 2. The number of piperazine rings is 1. The lowest BCUT2D eigenvalue weighted by Crippen LogP contribution is -2.50. The predicted octanol–water partition coefficient (Wildman–Crippen LogP) is 4.64. The van der Waals surface area contributed by atoms with Crippen LogP contribution in [0.4, 0.5) is 32.3 Å². The number of hydrogen-bond acceptors (Lipinski definition) is 5. The first-order valence-electron chi connectivity index (χ1n) is 10.6. The Kier molecular flexibility index (Phi) is 6.20. The van der Waals surface area contributed by atoms with Gasteiger partial charge in [-0.25, -0.2) is 14.2 Å². The van der Waals surface area contributed by atoms with Gasteiger partial charge in [0.15, 0.2) is 0 Å². The number of aryl methyl sites for hydroxylation is 2. The number of urea groups is 1. The topological polar surface area (TPSA) is 73.4 Å². The number of nitrogens with one attached hydrogen (secondary N) is 2. The van der Waals surface area contributed by atoms with Gasteiger partial charge < -0.3 is 20.4 Å². The number of anilines is 4. The lowest BCUT2D eigenvalue weighted by atomic mass is 10.2. The maximum Gasteiger partial charge on any atom is 0.321 e. The Morgan fingerprint density at radius 1 is 0.969 bits per heavy atom. The third-order valence-corrected chi connectivity index (χ3v) is 5.55. The number of carbonyl (C=O) groups is 1. The monoisotopic (exact) mass is 434 g/mol. The molecule has 166 valence electrons. The number of amides is 2. The van der Waals surface area contributed by atoms with Crippen molar-refractivity contribution in [2.45, 2.75) is 20.8 Å². The van der Waals surface area contributed by atoms with Gasteiger partial charge in [0.1, 0.15) is 11.6 Å². The minimum atomic E-state index is -0.332. The van der Waals surface area contributed by atoms with Crippen molar-refractivity contribution in [1.29, 1.82) is 0 Å². The highest BCUT2D eigenvalue weighted by Gasteiger charge is 2.23. The summed E-state index contributed by atoms with van der Waals surface area (Å²) in [5.74, 6) is 1.04. The molecule has 0 spiro atoms. The van der Waals surface area contributed by atoms with Crippen LogP contribution in [0.15, 0.2) is 48.5 Å². The van der Waals surface area contributed by atoms with E-state index in [1.807, 2.05) is 44.2 Å². The van der Waals surface area contributed by atoms with Crippen LogP contribution < -0.4 is 15.5 Å². The Labute approximate surface area is 187 Å². The fourth-order valence-electron chi connectivity index (χ4n) is 3.61. The van der Waals surface area contributed by atoms with Crippen LogP contribution >= 0.6 is 0 Å².